The normalized spacial score (nSPS) is 19.8. The van der Waals surface area contributed by atoms with E-state index in [1.54, 1.807) is 22.3 Å². The first-order valence-electron chi connectivity index (χ1n) is 15.7. The molecule has 0 spiro atoms. The highest BCUT2D eigenvalue weighted by Crippen LogP contribution is 2.49. The Labute approximate surface area is 268 Å². The van der Waals surface area contributed by atoms with Crippen molar-refractivity contribution in [2.75, 3.05) is 44.3 Å². The van der Waals surface area contributed by atoms with Gasteiger partial charge in [-0.2, -0.15) is 0 Å². The van der Waals surface area contributed by atoms with E-state index >= 15 is 0 Å². The third kappa shape index (κ3) is 6.92. The summed E-state index contributed by atoms with van der Waals surface area (Å²) in [6, 6.07) is 11.4. The zero-order chi connectivity index (χ0) is 31.9. The zero-order valence-electron chi connectivity index (χ0n) is 26.8. The highest BCUT2D eigenvalue weighted by atomic mass is 32.1. The lowest BCUT2D eigenvalue weighted by molar-refractivity contribution is 0.0289. The van der Waals surface area contributed by atoms with Crippen LogP contribution in [0.1, 0.15) is 73.1 Å². The number of hydrogen-bond donors (Lipinski definition) is 1. The largest absolute Gasteiger partial charge is 0.444 e. The van der Waals surface area contributed by atoms with Crippen LogP contribution in [0.15, 0.2) is 42.6 Å². The number of hydrogen-bond acceptors (Lipinski definition) is 8. The van der Waals surface area contributed by atoms with Crippen molar-refractivity contribution in [1.82, 2.24) is 15.2 Å². The highest BCUT2D eigenvalue weighted by Gasteiger charge is 2.37. The standard InChI is InChI=1S/C35H42N4O5S/c1-34(2,3)44-33(42)39-12-10-25(21-39)37-31(41)24-8-6-7-22(17-24)27-18-23(9-11-36-27)29-26-19-35(4,5)20-28(40)30(26)45-32(29)38-13-15-43-16-14-38/h6-9,11,17-18,25H,10,12-16,19-21H2,1-5H3,(H,37,41)/t25-/m0/s1. The summed E-state index contributed by atoms with van der Waals surface area (Å²) < 4.78 is 11.1. The number of rotatable bonds is 5. The molecule has 1 N–H and O–H groups in total. The molecule has 3 aliphatic rings. The van der Waals surface area contributed by atoms with Crippen molar-refractivity contribution in [1.29, 1.82) is 0 Å². The van der Waals surface area contributed by atoms with Gasteiger partial charge in [-0.15, -0.1) is 11.3 Å². The minimum absolute atomic E-state index is 0.108. The lowest BCUT2D eigenvalue weighted by Crippen LogP contribution is -2.40. The summed E-state index contributed by atoms with van der Waals surface area (Å²) in [7, 11) is 0. The summed E-state index contributed by atoms with van der Waals surface area (Å²) in [5.74, 6) is 0.0303. The van der Waals surface area contributed by atoms with Gasteiger partial charge in [0.1, 0.15) is 5.60 Å². The Balaban J connectivity index is 1.25. The third-order valence-corrected chi connectivity index (χ3v) is 9.81. The van der Waals surface area contributed by atoms with Gasteiger partial charge in [0, 0.05) is 61.5 Å². The molecule has 0 saturated carbocycles. The number of ether oxygens (including phenoxy) is 2. The number of amides is 2. The topological polar surface area (TPSA) is 101 Å². The molecule has 10 heteroatoms. The van der Waals surface area contributed by atoms with Crippen molar-refractivity contribution in [2.45, 2.75) is 65.5 Å². The van der Waals surface area contributed by atoms with Crippen molar-refractivity contribution >= 4 is 34.1 Å². The number of fused-ring (bicyclic) bond motifs is 1. The van der Waals surface area contributed by atoms with Gasteiger partial charge >= 0.3 is 6.09 Å². The molecule has 238 valence electrons. The first-order chi connectivity index (χ1) is 21.4. The number of morpholine rings is 1. The number of anilines is 1. The fourth-order valence-electron chi connectivity index (χ4n) is 6.39. The van der Waals surface area contributed by atoms with Gasteiger partial charge in [-0.25, -0.2) is 4.79 Å². The van der Waals surface area contributed by atoms with E-state index in [1.807, 2.05) is 51.2 Å². The van der Waals surface area contributed by atoms with Crippen LogP contribution in [0.3, 0.4) is 0 Å². The smallest absolute Gasteiger partial charge is 0.410 e. The van der Waals surface area contributed by atoms with Crippen LogP contribution < -0.4 is 10.2 Å². The molecule has 2 amide bonds. The molecule has 1 atom stereocenters. The molecule has 2 saturated heterocycles. The van der Waals surface area contributed by atoms with E-state index in [2.05, 4.69) is 30.1 Å². The maximum Gasteiger partial charge on any atom is 0.410 e. The summed E-state index contributed by atoms with van der Waals surface area (Å²) in [6.07, 6.45) is 3.51. The number of pyridine rings is 1. The van der Waals surface area contributed by atoms with Gasteiger partial charge in [-0.3, -0.25) is 14.6 Å². The number of thiophene rings is 1. The van der Waals surface area contributed by atoms with Crippen LogP contribution in [0.25, 0.3) is 22.4 Å². The first kappa shape index (κ1) is 31.2. The average Bonchev–Trinajstić information content (AvgIpc) is 3.61. The second kappa shape index (κ2) is 12.2. The van der Waals surface area contributed by atoms with E-state index < -0.39 is 5.60 Å². The van der Waals surface area contributed by atoms with Gasteiger partial charge in [0.15, 0.2) is 5.78 Å². The number of benzene rings is 1. The Morgan fingerprint density at radius 3 is 2.60 bits per heavy atom. The Bertz CT molecular complexity index is 1620. The number of Topliss-reactive ketones (excluding diaryl/α,β-unsaturated/α-hetero) is 1. The zero-order valence-corrected chi connectivity index (χ0v) is 27.6. The molecular formula is C35H42N4O5S. The molecule has 0 unspecified atom stereocenters. The van der Waals surface area contributed by atoms with Crippen LogP contribution in [0.2, 0.25) is 0 Å². The van der Waals surface area contributed by atoms with Crippen LogP contribution in [-0.4, -0.2) is 78.7 Å². The summed E-state index contributed by atoms with van der Waals surface area (Å²) in [6.45, 7) is 13.7. The van der Waals surface area contributed by atoms with E-state index in [4.69, 9.17) is 14.5 Å². The third-order valence-electron chi connectivity index (χ3n) is 8.48. The molecule has 0 radical (unpaired) electrons. The van der Waals surface area contributed by atoms with Crippen molar-refractivity contribution < 1.29 is 23.9 Å². The molecule has 2 fully saturated rings. The molecule has 4 heterocycles. The Morgan fingerprint density at radius 1 is 1.07 bits per heavy atom. The van der Waals surface area contributed by atoms with Gasteiger partial charge in [0.2, 0.25) is 0 Å². The number of carbonyl (C=O) groups is 3. The molecule has 2 aliphatic heterocycles. The molecule has 1 aliphatic carbocycles. The Kier molecular flexibility index (Phi) is 8.47. The first-order valence-corrected chi connectivity index (χ1v) is 16.6. The van der Waals surface area contributed by atoms with Crippen molar-refractivity contribution in [2.24, 2.45) is 5.41 Å². The summed E-state index contributed by atoms with van der Waals surface area (Å²) in [5.41, 5.74) is 4.72. The van der Waals surface area contributed by atoms with E-state index in [0.717, 1.165) is 57.3 Å². The average molecular weight is 631 g/mol. The molecule has 2 aromatic heterocycles. The second-order valence-electron chi connectivity index (χ2n) is 14.0. The molecule has 6 rings (SSSR count). The van der Waals surface area contributed by atoms with Crippen LogP contribution >= 0.6 is 11.3 Å². The second-order valence-corrected chi connectivity index (χ2v) is 15.0. The Morgan fingerprint density at radius 2 is 1.84 bits per heavy atom. The predicted octanol–water partition coefficient (Wildman–Crippen LogP) is 6.21. The lowest BCUT2D eigenvalue weighted by Gasteiger charge is -2.30. The maximum atomic E-state index is 13.3. The van der Waals surface area contributed by atoms with Crippen LogP contribution in [0, 0.1) is 5.41 Å². The van der Waals surface area contributed by atoms with E-state index in [1.165, 1.54) is 0 Å². The summed E-state index contributed by atoms with van der Waals surface area (Å²) in [5, 5.41) is 4.21. The van der Waals surface area contributed by atoms with Gasteiger partial charge in [0.25, 0.3) is 5.91 Å². The molecule has 1 aromatic carbocycles. The van der Waals surface area contributed by atoms with Crippen molar-refractivity contribution in [3.8, 4) is 22.4 Å². The predicted molar refractivity (Wildman–Crippen MR) is 176 cm³/mol. The fraction of sp³-hybridized carbons (Fsp3) is 0.486. The SMILES string of the molecule is CC1(C)CC(=O)c2sc(N3CCOCC3)c(-c3ccnc(-c4cccc(C(=O)N[C@H]5CCN(C(=O)OC(C)(C)C)C5)c4)c3)c2C1. The monoisotopic (exact) mass is 630 g/mol. The van der Waals surface area contributed by atoms with Gasteiger partial charge < -0.3 is 24.6 Å². The quantitative estimate of drug-likeness (QED) is 0.358. The van der Waals surface area contributed by atoms with Gasteiger partial charge in [-0.1, -0.05) is 26.0 Å². The number of nitrogens with one attached hydrogen (secondary N) is 1. The number of likely N-dealkylation sites (tertiary alicyclic amines) is 1. The minimum atomic E-state index is -0.564. The van der Waals surface area contributed by atoms with E-state index in [0.29, 0.717) is 44.7 Å². The lowest BCUT2D eigenvalue weighted by atomic mass is 9.75. The summed E-state index contributed by atoms with van der Waals surface area (Å²) in [4.78, 5) is 48.6. The van der Waals surface area contributed by atoms with Gasteiger partial charge in [-0.05, 0) is 74.4 Å². The highest BCUT2D eigenvalue weighted by molar-refractivity contribution is 7.19. The van der Waals surface area contributed by atoms with Crippen molar-refractivity contribution in [3.63, 3.8) is 0 Å². The molecule has 9 nitrogen and oxygen atoms in total. The Hall–Kier alpha value is -3.76. The number of ketones is 1. The number of nitrogens with zero attached hydrogens (tertiary/aromatic N) is 3. The van der Waals surface area contributed by atoms with E-state index in [9.17, 15) is 14.4 Å². The molecule has 0 bridgehead atoms. The van der Waals surface area contributed by atoms with Crippen LogP contribution in [-0.2, 0) is 15.9 Å². The van der Waals surface area contributed by atoms with E-state index in [-0.39, 0.29) is 29.2 Å². The van der Waals surface area contributed by atoms with Crippen molar-refractivity contribution in [3.05, 3.63) is 58.6 Å². The van der Waals surface area contributed by atoms with Crippen LogP contribution in [0.4, 0.5) is 9.80 Å². The molecule has 3 aromatic rings. The summed E-state index contributed by atoms with van der Waals surface area (Å²) >= 11 is 1.61. The maximum absolute atomic E-state index is 13.3. The molecular weight excluding hydrogens is 588 g/mol. The number of carbonyl (C=O) groups excluding carboxylic acids is 3. The molecule has 45 heavy (non-hydrogen) atoms. The van der Waals surface area contributed by atoms with Gasteiger partial charge in [0.05, 0.1) is 28.8 Å². The minimum Gasteiger partial charge on any atom is -0.444 e. The fourth-order valence-corrected chi connectivity index (χ4v) is 7.72. The number of aromatic nitrogens is 1. The van der Waals surface area contributed by atoms with Crippen LogP contribution in [0.5, 0.6) is 0 Å².